The van der Waals surface area contributed by atoms with Gasteiger partial charge in [-0.25, -0.2) is 0 Å². The lowest BCUT2D eigenvalue weighted by Crippen LogP contribution is -2.29. The Balaban J connectivity index is 3.96. The first-order chi connectivity index (χ1) is 24.6. The summed E-state index contributed by atoms with van der Waals surface area (Å²) in [4.78, 5) is 27.0. The van der Waals surface area contributed by atoms with Crippen molar-refractivity contribution in [1.82, 2.24) is 4.90 Å². The second-order valence-corrected chi connectivity index (χ2v) is 14.3. The lowest BCUT2D eigenvalue weighted by Gasteiger charge is -2.21. The Morgan fingerprint density at radius 1 is 0.480 bits per heavy atom. The normalized spacial score (nSPS) is 11.6. The topological polar surface area (TPSA) is 94.5 Å². The van der Waals surface area contributed by atoms with Crippen LogP contribution >= 0.6 is 0 Å². The smallest absolute Gasteiger partial charge is 0.306 e. The summed E-state index contributed by atoms with van der Waals surface area (Å²) < 4.78 is 22.9. The van der Waals surface area contributed by atoms with Crippen LogP contribution in [0, 0.1) is 0 Å². The molecule has 0 amide bonds. The third kappa shape index (κ3) is 36.6. The highest BCUT2D eigenvalue weighted by molar-refractivity contribution is 5.69. The van der Waals surface area contributed by atoms with Gasteiger partial charge >= 0.3 is 11.9 Å². The quantitative estimate of drug-likeness (QED) is 0.0494. The van der Waals surface area contributed by atoms with Crippen molar-refractivity contribution in [2.45, 2.75) is 200 Å². The minimum Gasteiger partial charge on any atom is -0.466 e. The van der Waals surface area contributed by atoms with Gasteiger partial charge in [0.05, 0.1) is 26.4 Å². The van der Waals surface area contributed by atoms with Crippen molar-refractivity contribution in [2.24, 2.45) is 0 Å². The zero-order valence-electron chi connectivity index (χ0n) is 33.4. The monoisotopic (exact) mass is 714 g/mol. The minimum atomic E-state index is -0.333. The highest BCUT2D eigenvalue weighted by Gasteiger charge is 2.15. The molecule has 0 bridgehead atoms. The van der Waals surface area contributed by atoms with Gasteiger partial charge in [-0.2, -0.15) is 0 Å². The van der Waals surface area contributed by atoms with Crippen LogP contribution in [0.15, 0.2) is 0 Å². The maximum atomic E-state index is 12.6. The van der Waals surface area contributed by atoms with Gasteiger partial charge < -0.3 is 29.0 Å². The number of esters is 2. The van der Waals surface area contributed by atoms with E-state index in [0.29, 0.717) is 52.4 Å². The van der Waals surface area contributed by atoms with Crippen LogP contribution in [0.1, 0.15) is 194 Å². The second kappa shape index (κ2) is 40.5. The molecule has 0 aromatic carbocycles. The number of hydrogen-bond acceptors (Lipinski definition) is 8. The van der Waals surface area contributed by atoms with E-state index in [-0.39, 0.29) is 24.6 Å². The van der Waals surface area contributed by atoms with Crippen LogP contribution < -0.4 is 0 Å². The molecule has 0 aromatic rings. The molecule has 1 N–H and O–H groups in total. The molecule has 0 aliphatic rings. The molecule has 0 aromatic heterocycles. The van der Waals surface area contributed by atoms with E-state index in [0.717, 1.165) is 90.1 Å². The van der Waals surface area contributed by atoms with Gasteiger partial charge in [-0.1, -0.05) is 136 Å². The first-order valence-corrected chi connectivity index (χ1v) is 21.4. The molecule has 0 rings (SSSR count). The fourth-order valence-corrected chi connectivity index (χ4v) is 6.12. The highest BCUT2D eigenvalue weighted by Crippen LogP contribution is 2.12. The van der Waals surface area contributed by atoms with Crippen LogP contribution in [-0.2, 0) is 28.5 Å². The molecule has 8 nitrogen and oxygen atoms in total. The highest BCUT2D eigenvalue weighted by atomic mass is 16.6. The first-order valence-electron chi connectivity index (χ1n) is 21.4. The van der Waals surface area contributed by atoms with Crippen LogP contribution in [0.5, 0.6) is 0 Å². The number of carbonyl (C=O) groups excluding carboxylic acids is 2. The number of rotatable bonds is 41. The van der Waals surface area contributed by atoms with E-state index in [1.807, 2.05) is 0 Å². The summed E-state index contributed by atoms with van der Waals surface area (Å²) in [5, 5.41) is 9.51. The van der Waals surface area contributed by atoms with Gasteiger partial charge in [0, 0.05) is 32.6 Å². The lowest BCUT2D eigenvalue weighted by molar-refractivity contribution is -0.156. The molecule has 0 saturated carbocycles. The van der Waals surface area contributed by atoms with Crippen LogP contribution in [0.4, 0.5) is 0 Å². The van der Waals surface area contributed by atoms with Crippen LogP contribution in [0.25, 0.3) is 0 Å². The van der Waals surface area contributed by atoms with E-state index in [2.05, 4.69) is 25.7 Å². The maximum Gasteiger partial charge on any atom is 0.306 e. The van der Waals surface area contributed by atoms with Gasteiger partial charge in [0.25, 0.3) is 0 Å². The minimum absolute atomic E-state index is 0.0609. The van der Waals surface area contributed by atoms with E-state index < -0.39 is 0 Å². The van der Waals surface area contributed by atoms with E-state index in [4.69, 9.17) is 18.9 Å². The molecular weight excluding hydrogens is 630 g/mol. The summed E-state index contributed by atoms with van der Waals surface area (Å²) in [6.45, 7) is 12.2. The molecule has 0 atom stereocenters. The maximum absolute atomic E-state index is 12.6. The standard InChI is InChI=1S/C42H83NO7/c1-4-7-10-13-14-15-16-20-28-37-49-41(45)29-23-21-25-32-43(33-34-44)31-24-19-17-18-22-30-42(46)50-40(38-47-35-26-11-8-5-2)39-48-36-27-12-9-6-3/h40,44H,4-39H2,1-3H3. The Labute approximate surface area is 309 Å². The number of aliphatic hydroxyl groups excluding tert-OH is 1. The number of unbranched alkanes of at least 4 members (excludes halogenated alkanes) is 20. The largest absolute Gasteiger partial charge is 0.466 e. The van der Waals surface area contributed by atoms with Gasteiger partial charge in [0.2, 0.25) is 0 Å². The summed E-state index contributed by atoms with van der Waals surface area (Å²) in [6.07, 6.45) is 29.3. The SMILES string of the molecule is CCCCCCCCCCCOC(=O)CCCCCN(CCO)CCCCCCCC(=O)OC(COCCCCCC)COCCCCCC. The summed E-state index contributed by atoms with van der Waals surface area (Å²) in [5.41, 5.74) is 0. The molecule has 0 fully saturated rings. The molecule has 0 aliphatic heterocycles. The van der Waals surface area contributed by atoms with E-state index >= 15 is 0 Å². The fraction of sp³-hybridized carbons (Fsp3) is 0.952. The predicted octanol–water partition coefficient (Wildman–Crippen LogP) is 10.4. The average molecular weight is 714 g/mol. The van der Waals surface area contributed by atoms with Crippen LogP contribution in [-0.4, -0.2) is 87.3 Å². The van der Waals surface area contributed by atoms with E-state index in [1.165, 1.54) is 83.5 Å². The van der Waals surface area contributed by atoms with Gasteiger partial charge in [-0.05, 0) is 58.0 Å². The third-order valence-corrected chi connectivity index (χ3v) is 9.33. The van der Waals surface area contributed by atoms with Gasteiger partial charge in [0.1, 0.15) is 6.10 Å². The predicted molar refractivity (Wildman–Crippen MR) is 208 cm³/mol. The molecule has 0 radical (unpaired) electrons. The summed E-state index contributed by atoms with van der Waals surface area (Å²) >= 11 is 0. The second-order valence-electron chi connectivity index (χ2n) is 14.3. The van der Waals surface area contributed by atoms with Crippen LogP contribution in [0.2, 0.25) is 0 Å². The zero-order valence-corrected chi connectivity index (χ0v) is 33.4. The Morgan fingerprint density at radius 2 is 0.880 bits per heavy atom. The molecule has 0 saturated heterocycles. The average Bonchev–Trinajstić information content (AvgIpc) is 3.11. The summed E-state index contributed by atoms with van der Waals surface area (Å²) in [7, 11) is 0. The van der Waals surface area contributed by atoms with Crippen LogP contribution in [0.3, 0.4) is 0 Å². The number of carbonyl (C=O) groups is 2. The number of nitrogens with zero attached hydrogens (tertiary/aromatic N) is 1. The van der Waals surface area contributed by atoms with Crippen molar-refractivity contribution >= 4 is 11.9 Å². The lowest BCUT2D eigenvalue weighted by atomic mass is 10.1. The molecule has 0 unspecified atom stereocenters. The van der Waals surface area contributed by atoms with E-state index in [1.54, 1.807) is 0 Å². The van der Waals surface area contributed by atoms with Gasteiger partial charge in [0.15, 0.2) is 0 Å². The Morgan fingerprint density at radius 3 is 1.40 bits per heavy atom. The fourth-order valence-electron chi connectivity index (χ4n) is 6.12. The number of hydrogen-bond donors (Lipinski definition) is 1. The molecular formula is C42H83NO7. The Bertz CT molecular complexity index is 692. The molecule has 0 spiro atoms. The summed E-state index contributed by atoms with van der Waals surface area (Å²) in [5.74, 6) is -0.213. The van der Waals surface area contributed by atoms with Gasteiger partial charge in [-0.15, -0.1) is 0 Å². The van der Waals surface area contributed by atoms with E-state index in [9.17, 15) is 14.7 Å². The molecule has 298 valence electrons. The van der Waals surface area contributed by atoms with Gasteiger partial charge in [-0.3, -0.25) is 9.59 Å². The third-order valence-electron chi connectivity index (χ3n) is 9.33. The molecule has 0 aliphatic carbocycles. The molecule has 0 heterocycles. The summed E-state index contributed by atoms with van der Waals surface area (Å²) in [6, 6.07) is 0. The van der Waals surface area contributed by atoms with Crippen molar-refractivity contribution in [3.05, 3.63) is 0 Å². The number of ether oxygens (including phenoxy) is 4. The number of aliphatic hydroxyl groups is 1. The Hall–Kier alpha value is -1.22. The van der Waals surface area contributed by atoms with Crippen molar-refractivity contribution in [1.29, 1.82) is 0 Å². The Kier molecular flexibility index (Phi) is 39.6. The van der Waals surface area contributed by atoms with Crippen molar-refractivity contribution in [2.75, 3.05) is 59.3 Å². The molecule has 50 heavy (non-hydrogen) atoms. The van der Waals surface area contributed by atoms with Crippen molar-refractivity contribution in [3.8, 4) is 0 Å². The van der Waals surface area contributed by atoms with Crippen molar-refractivity contribution < 1.29 is 33.6 Å². The van der Waals surface area contributed by atoms with Crippen molar-refractivity contribution in [3.63, 3.8) is 0 Å². The molecule has 8 heteroatoms. The zero-order chi connectivity index (χ0) is 36.6. The first kappa shape index (κ1) is 48.8.